The Morgan fingerprint density at radius 3 is 2.74 bits per heavy atom. The van der Waals surface area contributed by atoms with Crippen LogP contribution in [-0.4, -0.2) is 38.6 Å². The lowest BCUT2D eigenvalue weighted by Crippen LogP contribution is -2.33. The van der Waals surface area contributed by atoms with E-state index >= 15 is 0 Å². The van der Waals surface area contributed by atoms with Crippen molar-refractivity contribution in [2.75, 3.05) is 6.54 Å². The van der Waals surface area contributed by atoms with Crippen molar-refractivity contribution in [2.45, 2.75) is 0 Å². The van der Waals surface area contributed by atoms with E-state index in [0.717, 1.165) is 0 Å². The molecule has 0 radical (unpaired) electrons. The molecule has 138 valence electrons. The SMILES string of the molecule is O=C(O)CN1C(=O)S/C(=C/c2ccc(-c3ccc(Cl)cc3[N+](=O)[O-])o2)C1=O. The van der Waals surface area contributed by atoms with Crippen molar-refractivity contribution in [3.63, 3.8) is 0 Å². The largest absolute Gasteiger partial charge is 0.480 e. The van der Waals surface area contributed by atoms with E-state index in [4.69, 9.17) is 21.1 Å². The van der Waals surface area contributed by atoms with Crippen molar-refractivity contribution in [2.24, 2.45) is 0 Å². The third-order valence-corrected chi connectivity index (χ3v) is 4.63. The number of carboxylic acids is 1. The average Bonchev–Trinajstić information content (AvgIpc) is 3.15. The van der Waals surface area contributed by atoms with Gasteiger partial charge in [-0.2, -0.15) is 0 Å². The summed E-state index contributed by atoms with van der Waals surface area (Å²) in [6.07, 6.45) is 1.28. The molecular weight excluding hydrogens is 400 g/mol. The van der Waals surface area contributed by atoms with Crippen LogP contribution in [-0.2, 0) is 9.59 Å². The van der Waals surface area contributed by atoms with E-state index in [0.29, 0.717) is 16.7 Å². The van der Waals surface area contributed by atoms with Crippen LogP contribution in [0.5, 0.6) is 0 Å². The average molecular weight is 409 g/mol. The van der Waals surface area contributed by atoms with E-state index in [2.05, 4.69) is 0 Å². The molecule has 1 aliphatic rings. The third kappa shape index (κ3) is 3.86. The molecule has 0 atom stereocenters. The Morgan fingerprint density at radius 1 is 1.33 bits per heavy atom. The van der Waals surface area contributed by atoms with Gasteiger partial charge in [0.1, 0.15) is 18.1 Å². The molecule has 0 unspecified atom stereocenters. The summed E-state index contributed by atoms with van der Waals surface area (Å²) in [5.41, 5.74) is -0.0480. The molecule has 2 aromatic rings. The van der Waals surface area contributed by atoms with Crippen LogP contribution in [0.1, 0.15) is 5.76 Å². The van der Waals surface area contributed by atoms with Gasteiger partial charge in [-0.3, -0.25) is 29.4 Å². The highest BCUT2D eigenvalue weighted by atomic mass is 35.5. The Morgan fingerprint density at radius 2 is 2.07 bits per heavy atom. The quantitative estimate of drug-likeness (QED) is 0.450. The van der Waals surface area contributed by atoms with Crippen LogP contribution in [0.2, 0.25) is 5.02 Å². The van der Waals surface area contributed by atoms with Crippen molar-refractivity contribution in [1.82, 2.24) is 4.90 Å². The first-order chi connectivity index (χ1) is 12.8. The number of amides is 2. The lowest BCUT2D eigenvalue weighted by molar-refractivity contribution is -0.384. The van der Waals surface area contributed by atoms with Crippen LogP contribution in [0.3, 0.4) is 0 Å². The molecule has 1 N–H and O–H groups in total. The first-order valence-corrected chi connectivity index (χ1v) is 8.47. The molecule has 2 heterocycles. The fourth-order valence-electron chi connectivity index (χ4n) is 2.34. The Balaban J connectivity index is 1.91. The number of carboxylic acid groups (broad SMARTS) is 1. The maximum Gasteiger partial charge on any atom is 0.323 e. The Hall–Kier alpha value is -3.11. The number of furan rings is 1. The molecule has 2 amide bonds. The van der Waals surface area contributed by atoms with Crippen LogP contribution in [0.4, 0.5) is 10.5 Å². The van der Waals surface area contributed by atoms with Gasteiger partial charge in [0, 0.05) is 17.2 Å². The first kappa shape index (κ1) is 18.7. The molecule has 1 aromatic heterocycles. The van der Waals surface area contributed by atoms with Crippen LogP contribution in [0.15, 0.2) is 39.7 Å². The van der Waals surface area contributed by atoms with Gasteiger partial charge in [0.25, 0.3) is 16.8 Å². The second kappa shape index (κ2) is 7.25. The lowest BCUT2D eigenvalue weighted by Gasteiger charge is -2.07. The molecule has 27 heavy (non-hydrogen) atoms. The van der Waals surface area contributed by atoms with Crippen molar-refractivity contribution in [3.05, 3.63) is 56.1 Å². The van der Waals surface area contributed by atoms with Gasteiger partial charge in [-0.15, -0.1) is 0 Å². The normalized spacial score (nSPS) is 15.6. The zero-order valence-electron chi connectivity index (χ0n) is 13.2. The number of halogens is 1. The van der Waals surface area contributed by atoms with Gasteiger partial charge in [-0.1, -0.05) is 11.6 Å². The molecule has 3 rings (SSSR count). The van der Waals surface area contributed by atoms with E-state index in [1.54, 1.807) is 0 Å². The molecule has 0 saturated carbocycles. The number of nitrogens with zero attached hydrogens (tertiary/aromatic N) is 2. The number of aliphatic carboxylic acids is 1. The zero-order valence-corrected chi connectivity index (χ0v) is 14.8. The predicted octanol–water partition coefficient (Wildman–Crippen LogP) is 3.63. The molecular formula is C16H9ClN2O7S. The molecule has 1 aromatic carbocycles. The predicted molar refractivity (Wildman–Crippen MR) is 96.1 cm³/mol. The summed E-state index contributed by atoms with van der Waals surface area (Å²) in [5.74, 6) is -1.71. The van der Waals surface area contributed by atoms with Crippen molar-refractivity contribution >= 4 is 52.2 Å². The van der Waals surface area contributed by atoms with E-state index in [1.165, 1.54) is 36.4 Å². The summed E-state index contributed by atoms with van der Waals surface area (Å²) in [4.78, 5) is 45.8. The summed E-state index contributed by atoms with van der Waals surface area (Å²) >= 11 is 6.37. The van der Waals surface area contributed by atoms with Crippen LogP contribution in [0.25, 0.3) is 17.4 Å². The number of imide groups is 1. The minimum absolute atomic E-state index is 0.00671. The summed E-state index contributed by atoms with van der Waals surface area (Å²) in [6, 6.07) is 7.05. The Bertz CT molecular complexity index is 1010. The standard InChI is InChI=1S/C16H9ClN2O7S/c17-8-1-3-10(11(5-8)19(24)25)12-4-2-9(26-12)6-13-15(22)18(7-14(20)21)16(23)27-13/h1-6H,7H2,(H,20,21)/b13-6+. The fourth-order valence-corrected chi connectivity index (χ4v) is 3.32. The monoisotopic (exact) mass is 408 g/mol. The summed E-state index contributed by atoms with van der Waals surface area (Å²) < 4.78 is 5.53. The highest BCUT2D eigenvalue weighted by Crippen LogP contribution is 2.36. The summed E-state index contributed by atoms with van der Waals surface area (Å²) in [6.45, 7) is -0.734. The topological polar surface area (TPSA) is 131 Å². The van der Waals surface area contributed by atoms with Crippen LogP contribution >= 0.6 is 23.4 Å². The van der Waals surface area contributed by atoms with Crippen molar-refractivity contribution < 1.29 is 28.8 Å². The molecule has 11 heteroatoms. The van der Waals surface area contributed by atoms with Gasteiger partial charge in [-0.25, -0.2) is 0 Å². The molecule has 0 spiro atoms. The Kier molecular flexibility index (Phi) is 5.02. The Labute approximate surface area is 160 Å². The molecule has 0 aliphatic carbocycles. The smallest absolute Gasteiger partial charge is 0.323 e. The lowest BCUT2D eigenvalue weighted by atomic mass is 10.1. The summed E-state index contributed by atoms with van der Waals surface area (Å²) in [7, 11) is 0. The van der Waals surface area contributed by atoms with Gasteiger partial charge >= 0.3 is 5.97 Å². The van der Waals surface area contributed by atoms with Crippen molar-refractivity contribution in [3.8, 4) is 11.3 Å². The molecule has 9 nitrogen and oxygen atoms in total. The van der Waals surface area contributed by atoms with Gasteiger partial charge in [0.05, 0.1) is 15.4 Å². The minimum atomic E-state index is -1.31. The number of thioether (sulfide) groups is 1. The molecule has 0 bridgehead atoms. The van der Waals surface area contributed by atoms with Gasteiger partial charge in [0.2, 0.25) is 0 Å². The fraction of sp³-hybridized carbons (Fsp3) is 0.0625. The van der Waals surface area contributed by atoms with E-state index in [1.807, 2.05) is 0 Å². The number of benzene rings is 1. The maximum atomic E-state index is 12.1. The maximum absolute atomic E-state index is 12.1. The van der Waals surface area contributed by atoms with E-state index in [-0.39, 0.29) is 32.7 Å². The number of carbonyl (C=O) groups is 3. The van der Waals surface area contributed by atoms with E-state index in [9.17, 15) is 24.5 Å². The zero-order chi connectivity index (χ0) is 19.7. The van der Waals surface area contributed by atoms with Gasteiger partial charge < -0.3 is 9.52 Å². The highest BCUT2D eigenvalue weighted by Gasteiger charge is 2.36. The molecule has 1 saturated heterocycles. The van der Waals surface area contributed by atoms with Gasteiger partial charge in [-0.05, 0) is 36.0 Å². The second-order valence-electron chi connectivity index (χ2n) is 5.28. The number of hydrogen-bond donors (Lipinski definition) is 1. The number of hydrogen-bond acceptors (Lipinski definition) is 7. The number of nitro benzene ring substituents is 1. The number of nitro groups is 1. The summed E-state index contributed by atoms with van der Waals surface area (Å²) in [5, 5.41) is 19.4. The minimum Gasteiger partial charge on any atom is -0.480 e. The van der Waals surface area contributed by atoms with E-state index < -0.39 is 28.6 Å². The van der Waals surface area contributed by atoms with Crippen LogP contribution in [0, 0.1) is 10.1 Å². The van der Waals surface area contributed by atoms with Crippen LogP contribution < -0.4 is 0 Å². The third-order valence-electron chi connectivity index (χ3n) is 3.49. The number of rotatable bonds is 5. The highest BCUT2D eigenvalue weighted by molar-refractivity contribution is 8.18. The molecule has 1 aliphatic heterocycles. The number of carbonyl (C=O) groups excluding carboxylic acids is 2. The second-order valence-corrected chi connectivity index (χ2v) is 6.71. The first-order valence-electron chi connectivity index (χ1n) is 7.27. The molecule has 1 fully saturated rings. The van der Waals surface area contributed by atoms with Crippen molar-refractivity contribution in [1.29, 1.82) is 0 Å². The van der Waals surface area contributed by atoms with Gasteiger partial charge in [0.15, 0.2) is 0 Å².